The zero-order valence-electron chi connectivity index (χ0n) is 15.2. The summed E-state index contributed by atoms with van der Waals surface area (Å²) in [5.41, 5.74) is 0.106. The molecule has 1 aliphatic rings. The first kappa shape index (κ1) is 20.2. The summed E-state index contributed by atoms with van der Waals surface area (Å²) in [6, 6.07) is 0. The summed E-state index contributed by atoms with van der Waals surface area (Å²) in [7, 11) is 18.9. The van der Waals surface area contributed by atoms with Gasteiger partial charge in [0.05, 0.1) is 23.5 Å². The van der Waals surface area contributed by atoms with Gasteiger partial charge >= 0.3 is 0 Å². The minimum atomic E-state index is -0.0858. The highest BCUT2D eigenvalue weighted by Crippen LogP contribution is 2.40. The van der Waals surface area contributed by atoms with Crippen molar-refractivity contribution in [1.82, 2.24) is 4.90 Å². The van der Waals surface area contributed by atoms with Gasteiger partial charge < -0.3 is 4.90 Å². The lowest BCUT2D eigenvalue weighted by Crippen LogP contribution is -2.53. The van der Waals surface area contributed by atoms with Crippen LogP contribution in [0.2, 0.25) is 5.82 Å². The summed E-state index contributed by atoms with van der Waals surface area (Å²) in [6.45, 7) is 6.88. The predicted octanol–water partition coefficient (Wildman–Crippen LogP) is 4.34. The van der Waals surface area contributed by atoms with Crippen LogP contribution in [0.1, 0.15) is 91.4 Å². The number of unbranched alkanes of at least 4 members (excludes halogenated alkanes) is 6. The van der Waals surface area contributed by atoms with Crippen molar-refractivity contribution in [2.75, 3.05) is 0 Å². The topological polar surface area (TPSA) is 3.24 Å². The first-order chi connectivity index (χ1) is 10.5. The van der Waals surface area contributed by atoms with Crippen LogP contribution < -0.4 is 0 Å². The molecule has 3 unspecified atom stereocenters. The lowest BCUT2D eigenvalue weighted by atomic mass is 9.71. The smallest absolute Gasteiger partial charge is 0.0910 e. The Morgan fingerprint density at radius 1 is 0.864 bits per heavy atom. The van der Waals surface area contributed by atoms with Crippen LogP contribution in [0.15, 0.2) is 0 Å². The molecule has 6 radical (unpaired) electrons. The van der Waals surface area contributed by atoms with Gasteiger partial charge in [0.1, 0.15) is 0 Å². The molecule has 1 saturated heterocycles. The molecular weight excluding hydrogens is 263 g/mol. The molecule has 0 amide bonds. The van der Waals surface area contributed by atoms with Crippen LogP contribution in [0.5, 0.6) is 0 Å². The van der Waals surface area contributed by atoms with Gasteiger partial charge in [0.2, 0.25) is 0 Å². The van der Waals surface area contributed by atoms with Crippen LogP contribution in [0, 0.1) is 0 Å². The molecule has 0 aromatic carbocycles. The average molecular weight is 297 g/mol. The first-order valence-corrected chi connectivity index (χ1v) is 9.51. The van der Waals surface area contributed by atoms with Gasteiger partial charge in [0.15, 0.2) is 0 Å². The van der Waals surface area contributed by atoms with Crippen molar-refractivity contribution in [2.45, 2.75) is 115 Å². The maximum atomic E-state index is 6.38. The van der Waals surface area contributed by atoms with Crippen LogP contribution in [0.25, 0.3) is 0 Å². The Balaban J connectivity index is 2.67. The van der Waals surface area contributed by atoms with E-state index >= 15 is 0 Å². The van der Waals surface area contributed by atoms with E-state index in [1.807, 2.05) is 0 Å². The lowest BCUT2D eigenvalue weighted by Gasteiger charge is -2.46. The van der Waals surface area contributed by atoms with E-state index in [-0.39, 0.29) is 23.2 Å². The van der Waals surface area contributed by atoms with Crippen LogP contribution in [0.3, 0.4) is 0 Å². The Labute approximate surface area is 143 Å². The summed E-state index contributed by atoms with van der Waals surface area (Å²) in [5.74, 6) is -0.0506. The second kappa shape index (κ2) is 10.1. The van der Waals surface area contributed by atoms with Crippen molar-refractivity contribution in [3.05, 3.63) is 0 Å². The van der Waals surface area contributed by atoms with Crippen LogP contribution >= 0.6 is 0 Å². The lowest BCUT2D eigenvalue weighted by molar-refractivity contribution is 0.0807. The monoisotopic (exact) mass is 297 g/mol. The summed E-state index contributed by atoms with van der Waals surface area (Å²) in [4.78, 5) is 2.34. The average Bonchev–Trinajstić information content (AvgIpc) is 2.74. The third-order valence-electron chi connectivity index (χ3n) is 5.39. The van der Waals surface area contributed by atoms with Gasteiger partial charge in [-0.05, 0) is 31.6 Å². The van der Waals surface area contributed by atoms with E-state index in [1.54, 1.807) is 0 Å². The molecule has 1 fully saturated rings. The zero-order chi connectivity index (χ0) is 16.6. The Morgan fingerprint density at radius 2 is 1.36 bits per heavy atom. The summed E-state index contributed by atoms with van der Waals surface area (Å²) in [6.07, 6.45) is 13.6. The fourth-order valence-corrected chi connectivity index (χ4v) is 3.97. The molecule has 1 nitrogen and oxygen atoms in total. The molecule has 0 bridgehead atoms. The van der Waals surface area contributed by atoms with E-state index in [1.165, 1.54) is 64.2 Å². The standard InChI is InChI=1S/C18H34B3N/c1-4-6-8-10-12-18(3,13-11-9-7-5-2)22-16(20)14-15(19)17(22)21/h15-17H,4-14H2,1-3H3. The molecule has 3 atom stereocenters. The highest BCUT2D eigenvalue weighted by atomic mass is 15.2. The molecule has 0 N–H and O–H groups in total. The number of rotatable bonds is 11. The molecule has 0 aromatic heterocycles. The van der Waals surface area contributed by atoms with Crippen molar-refractivity contribution >= 4 is 23.5 Å². The SMILES string of the molecule is [B]C1CC([B])N(C(C)(CCCCCC)CCCCCC)C1[B]. The molecule has 1 heterocycles. The maximum Gasteiger partial charge on any atom is 0.0910 e. The highest BCUT2D eigenvalue weighted by Gasteiger charge is 2.42. The third-order valence-corrected chi connectivity index (χ3v) is 5.39. The molecule has 0 saturated carbocycles. The summed E-state index contributed by atoms with van der Waals surface area (Å²) in [5, 5.41) is 0. The molecule has 0 spiro atoms. The molecule has 4 heteroatoms. The van der Waals surface area contributed by atoms with Crippen molar-refractivity contribution < 1.29 is 0 Å². The molecular formula is C18H34B3N. The quantitative estimate of drug-likeness (QED) is 0.405. The van der Waals surface area contributed by atoms with Gasteiger partial charge in [-0.15, -0.1) is 0 Å². The van der Waals surface area contributed by atoms with E-state index < -0.39 is 0 Å². The fraction of sp³-hybridized carbons (Fsp3) is 1.00. The second-order valence-corrected chi connectivity index (χ2v) is 7.48. The van der Waals surface area contributed by atoms with Crippen LogP contribution in [0.4, 0.5) is 0 Å². The van der Waals surface area contributed by atoms with Crippen molar-refractivity contribution in [3.63, 3.8) is 0 Å². The van der Waals surface area contributed by atoms with Crippen LogP contribution in [-0.4, -0.2) is 45.9 Å². The fourth-order valence-electron chi connectivity index (χ4n) is 3.97. The number of hydrogen-bond acceptors (Lipinski definition) is 1. The van der Waals surface area contributed by atoms with Gasteiger partial charge in [-0.1, -0.05) is 77.5 Å². The largest absolute Gasteiger partial charge is 0.310 e. The number of nitrogens with zero attached hydrogens (tertiary/aromatic N) is 1. The van der Waals surface area contributed by atoms with Gasteiger partial charge in [0, 0.05) is 5.54 Å². The molecule has 22 heavy (non-hydrogen) atoms. The van der Waals surface area contributed by atoms with Gasteiger partial charge in [-0.25, -0.2) is 0 Å². The first-order valence-electron chi connectivity index (χ1n) is 9.51. The maximum absolute atomic E-state index is 6.38. The van der Waals surface area contributed by atoms with Crippen molar-refractivity contribution in [3.8, 4) is 0 Å². The Morgan fingerprint density at radius 3 is 1.73 bits per heavy atom. The number of likely N-dealkylation sites (tertiary alicyclic amines) is 1. The van der Waals surface area contributed by atoms with Gasteiger partial charge in [0.25, 0.3) is 0 Å². The highest BCUT2D eigenvalue weighted by molar-refractivity contribution is 6.23. The summed E-state index contributed by atoms with van der Waals surface area (Å²) < 4.78 is 0. The Bertz CT molecular complexity index is 286. The van der Waals surface area contributed by atoms with E-state index in [0.29, 0.717) is 0 Å². The Hall–Kier alpha value is 0.155. The number of hydrogen-bond donors (Lipinski definition) is 0. The third kappa shape index (κ3) is 5.66. The van der Waals surface area contributed by atoms with E-state index in [0.717, 1.165) is 6.42 Å². The minimum Gasteiger partial charge on any atom is -0.310 e. The normalized spacial score (nSPS) is 26.6. The molecule has 120 valence electrons. The second-order valence-electron chi connectivity index (χ2n) is 7.48. The van der Waals surface area contributed by atoms with E-state index in [2.05, 4.69) is 25.7 Å². The molecule has 0 aliphatic carbocycles. The van der Waals surface area contributed by atoms with Crippen molar-refractivity contribution in [2.24, 2.45) is 0 Å². The van der Waals surface area contributed by atoms with E-state index in [4.69, 9.17) is 23.5 Å². The molecule has 1 aliphatic heterocycles. The predicted molar refractivity (Wildman–Crippen MR) is 101 cm³/mol. The van der Waals surface area contributed by atoms with E-state index in [9.17, 15) is 0 Å². The van der Waals surface area contributed by atoms with Gasteiger partial charge in [-0.3, -0.25) is 0 Å². The van der Waals surface area contributed by atoms with Crippen LogP contribution in [-0.2, 0) is 0 Å². The summed E-state index contributed by atoms with van der Waals surface area (Å²) >= 11 is 0. The van der Waals surface area contributed by atoms with Gasteiger partial charge in [-0.2, -0.15) is 0 Å². The molecule has 0 aromatic rings. The van der Waals surface area contributed by atoms with Crippen molar-refractivity contribution in [1.29, 1.82) is 0 Å². The minimum absolute atomic E-state index is 0.0145. The molecule has 1 rings (SSSR count). The Kier molecular flexibility index (Phi) is 9.28. The zero-order valence-corrected chi connectivity index (χ0v) is 15.2.